The van der Waals surface area contributed by atoms with Crippen LogP contribution in [0.15, 0.2) is 12.1 Å². The van der Waals surface area contributed by atoms with Gasteiger partial charge in [-0.1, -0.05) is 25.3 Å². The molecule has 1 atom stereocenters. The Balaban J connectivity index is 2.02. The van der Waals surface area contributed by atoms with Gasteiger partial charge >= 0.3 is 5.97 Å². The van der Waals surface area contributed by atoms with Crippen LogP contribution in [0.1, 0.15) is 84.3 Å². The van der Waals surface area contributed by atoms with Crippen LogP contribution in [0.2, 0.25) is 0 Å². The minimum atomic E-state index is -0.196. The molecule has 0 aromatic heterocycles. The Hall–Kier alpha value is -1.64. The highest BCUT2D eigenvalue weighted by Crippen LogP contribution is 2.41. The molecule has 0 amide bonds. The Morgan fingerprint density at radius 2 is 1.77 bits per heavy atom. The van der Waals surface area contributed by atoms with E-state index in [1.165, 1.54) is 50.3 Å². The number of carbonyl (C=O) groups is 2. The van der Waals surface area contributed by atoms with E-state index in [-0.39, 0.29) is 17.7 Å². The molecule has 1 aromatic rings. The average molecular weight is 300 g/mol. The number of hydrogen-bond acceptors (Lipinski definition) is 3. The molecule has 0 bridgehead atoms. The van der Waals surface area contributed by atoms with E-state index in [0.29, 0.717) is 5.92 Å². The number of benzene rings is 1. The summed E-state index contributed by atoms with van der Waals surface area (Å²) in [4.78, 5) is 24.1. The molecule has 0 spiro atoms. The summed E-state index contributed by atoms with van der Waals surface area (Å²) in [6.07, 6.45) is 7.88. The van der Waals surface area contributed by atoms with Gasteiger partial charge in [-0.05, 0) is 61.3 Å². The van der Waals surface area contributed by atoms with E-state index in [9.17, 15) is 9.59 Å². The summed E-state index contributed by atoms with van der Waals surface area (Å²) in [6, 6.07) is 4.20. The highest BCUT2D eigenvalue weighted by Gasteiger charge is 2.32. The normalized spacial score (nSPS) is 21.5. The van der Waals surface area contributed by atoms with Crippen LogP contribution in [0, 0.1) is 0 Å². The number of hydrogen-bond donors (Lipinski definition) is 0. The molecule has 3 rings (SSSR count). The predicted molar refractivity (Wildman–Crippen MR) is 85.4 cm³/mol. The van der Waals surface area contributed by atoms with Gasteiger partial charge in [-0.25, -0.2) is 0 Å². The third-order valence-corrected chi connectivity index (χ3v) is 5.30. The van der Waals surface area contributed by atoms with Crippen LogP contribution in [0.25, 0.3) is 0 Å². The molecule has 1 aromatic carbocycles. The van der Waals surface area contributed by atoms with E-state index in [0.717, 1.165) is 24.0 Å². The molecule has 1 fully saturated rings. The second-order valence-corrected chi connectivity index (χ2v) is 6.64. The van der Waals surface area contributed by atoms with E-state index in [2.05, 4.69) is 6.07 Å². The van der Waals surface area contributed by atoms with Gasteiger partial charge in [0.15, 0.2) is 5.78 Å². The molecule has 0 radical (unpaired) electrons. The number of methoxy groups -OCH3 is 1. The summed E-state index contributed by atoms with van der Waals surface area (Å²) in [7, 11) is 1.43. The largest absolute Gasteiger partial charge is 0.469 e. The SMILES string of the molecule is COC(=O)[C@H]1CCc2cc(C3CCCCC3)c(C(C)=O)cc21. The van der Waals surface area contributed by atoms with Crippen LogP contribution in [-0.2, 0) is 16.0 Å². The fraction of sp³-hybridized carbons (Fsp3) is 0.579. The van der Waals surface area contributed by atoms with Gasteiger partial charge in [-0.15, -0.1) is 0 Å². The number of esters is 1. The summed E-state index contributed by atoms with van der Waals surface area (Å²) < 4.78 is 4.91. The zero-order chi connectivity index (χ0) is 15.7. The van der Waals surface area contributed by atoms with Gasteiger partial charge in [0.2, 0.25) is 0 Å². The average Bonchev–Trinajstić information content (AvgIpc) is 2.96. The van der Waals surface area contributed by atoms with Gasteiger partial charge in [0.1, 0.15) is 0 Å². The Kier molecular flexibility index (Phi) is 4.32. The fourth-order valence-electron chi connectivity index (χ4n) is 4.12. The lowest BCUT2D eigenvalue weighted by molar-refractivity contribution is -0.142. The van der Waals surface area contributed by atoms with Crippen LogP contribution >= 0.6 is 0 Å². The third-order valence-electron chi connectivity index (χ3n) is 5.30. The fourth-order valence-corrected chi connectivity index (χ4v) is 4.12. The van der Waals surface area contributed by atoms with Crippen molar-refractivity contribution in [3.05, 3.63) is 34.4 Å². The molecule has 0 N–H and O–H groups in total. The number of ether oxygens (including phenoxy) is 1. The Morgan fingerprint density at radius 3 is 2.41 bits per heavy atom. The molecular formula is C19H24O3. The standard InChI is InChI=1S/C19H24O3/c1-12(20)16-11-18-14(8-9-15(18)19(21)22-2)10-17(16)13-6-4-3-5-7-13/h10-11,13,15H,3-9H2,1-2H3/t15-/m0/s1. The van der Waals surface area contributed by atoms with Crippen LogP contribution in [0.3, 0.4) is 0 Å². The monoisotopic (exact) mass is 300 g/mol. The highest BCUT2D eigenvalue weighted by atomic mass is 16.5. The van der Waals surface area contributed by atoms with Gasteiger partial charge in [-0.3, -0.25) is 9.59 Å². The molecule has 2 aliphatic carbocycles. The first-order chi connectivity index (χ1) is 10.6. The number of aryl methyl sites for hydroxylation is 1. The van der Waals surface area contributed by atoms with Gasteiger partial charge in [-0.2, -0.15) is 0 Å². The van der Waals surface area contributed by atoms with Gasteiger partial charge < -0.3 is 4.74 Å². The molecular weight excluding hydrogens is 276 g/mol. The van der Waals surface area contributed by atoms with E-state index in [4.69, 9.17) is 4.74 Å². The summed E-state index contributed by atoms with van der Waals surface area (Å²) in [5.41, 5.74) is 4.29. The number of Topliss-reactive ketones (excluding diaryl/α,β-unsaturated/α-hetero) is 1. The maximum atomic E-state index is 12.1. The first kappa shape index (κ1) is 15.3. The van der Waals surface area contributed by atoms with Crippen molar-refractivity contribution in [1.29, 1.82) is 0 Å². The van der Waals surface area contributed by atoms with Crippen LogP contribution in [0.5, 0.6) is 0 Å². The lowest BCUT2D eigenvalue weighted by atomic mass is 9.80. The summed E-state index contributed by atoms with van der Waals surface area (Å²) in [5.74, 6) is 0.242. The quantitative estimate of drug-likeness (QED) is 0.622. The Labute approximate surface area is 132 Å². The van der Waals surface area contributed by atoms with Crippen molar-refractivity contribution >= 4 is 11.8 Å². The van der Waals surface area contributed by atoms with Crippen molar-refractivity contribution in [2.45, 2.75) is 63.7 Å². The highest BCUT2D eigenvalue weighted by molar-refractivity contribution is 5.96. The molecule has 0 aliphatic heterocycles. The zero-order valence-corrected chi connectivity index (χ0v) is 13.5. The van der Waals surface area contributed by atoms with Crippen molar-refractivity contribution in [1.82, 2.24) is 0 Å². The molecule has 0 unspecified atom stereocenters. The first-order valence-corrected chi connectivity index (χ1v) is 8.37. The van der Waals surface area contributed by atoms with E-state index in [1.54, 1.807) is 6.92 Å². The lowest BCUT2D eigenvalue weighted by Crippen LogP contribution is -2.14. The minimum absolute atomic E-state index is 0.110. The Bertz CT molecular complexity index is 597. The number of rotatable bonds is 3. The number of carbonyl (C=O) groups excluding carboxylic acids is 2. The number of ketones is 1. The van der Waals surface area contributed by atoms with Gasteiger partial charge in [0, 0.05) is 5.56 Å². The van der Waals surface area contributed by atoms with Crippen molar-refractivity contribution in [2.24, 2.45) is 0 Å². The predicted octanol–water partition coefficient (Wildman–Crippen LogP) is 4.14. The van der Waals surface area contributed by atoms with Crippen molar-refractivity contribution in [3.8, 4) is 0 Å². The van der Waals surface area contributed by atoms with E-state index < -0.39 is 0 Å². The number of fused-ring (bicyclic) bond motifs is 1. The summed E-state index contributed by atoms with van der Waals surface area (Å²) in [5, 5.41) is 0. The lowest BCUT2D eigenvalue weighted by Gasteiger charge is -2.25. The zero-order valence-electron chi connectivity index (χ0n) is 13.5. The molecule has 118 valence electrons. The summed E-state index contributed by atoms with van der Waals surface area (Å²) in [6.45, 7) is 1.64. The Morgan fingerprint density at radius 1 is 1.05 bits per heavy atom. The molecule has 3 heteroatoms. The van der Waals surface area contributed by atoms with E-state index in [1.807, 2.05) is 6.07 Å². The minimum Gasteiger partial charge on any atom is -0.469 e. The maximum absolute atomic E-state index is 12.1. The molecule has 3 nitrogen and oxygen atoms in total. The van der Waals surface area contributed by atoms with Crippen molar-refractivity contribution < 1.29 is 14.3 Å². The van der Waals surface area contributed by atoms with Gasteiger partial charge in [0.05, 0.1) is 13.0 Å². The first-order valence-electron chi connectivity index (χ1n) is 8.37. The second-order valence-electron chi connectivity index (χ2n) is 6.64. The van der Waals surface area contributed by atoms with Crippen LogP contribution in [-0.4, -0.2) is 18.9 Å². The molecule has 2 aliphatic rings. The molecule has 0 saturated heterocycles. The topological polar surface area (TPSA) is 43.4 Å². The molecule has 1 saturated carbocycles. The van der Waals surface area contributed by atoms with Crippen molar-refractivity contribution in [3.63, 3.8) is 0 Å². The third kappa shape index (κ3) is 2.69. The van der Waals surface area contributed by atoms with Crippen LogP contribution in [0.4, 0.5) is 0 Å². The molecule has 22 heavy (non-hydrogen) atoms. The van der Waals surface area contributed by atoms with E-state index >= 15 is 0 Å². The maximum Gasteiger partial charge on any atom is 0.313 e. The van der Waals surface area contributed by atoms with Gasteiger partial charge in [0.25, 0.3) is 0 Å². The summed E-state index contributed by atoms with van der Waals surface area (Å²) >= 11 is 0. The molecule has 0 heterocycles. The van der Waals surface area contributed by atoms with Crippen molar-refractivity contribution in [2.75, 3.05) is 7.11 Å². The second kappa shape index (κ2) is 6.23. The van der Waals surface area contributed by atoms with Crippen LogP contribution < -0.4 is 0 Å². The smallest absolute Gasteiger partial charge is 0.313 e.